The number of likely N-dealkylation sites (tertiary alicyclic amines) is 1. The first kappa shape index (κ1) is 16.4. The normalized spacial score (nSPS) is 26.8. The summed E-state index contributed by atoms with van der Waals surface area (Å²) in [6.07, 6.45) is 5.18. The second kappa shape index (κ2) is 7.06. The highest BCUT2D eigenvalue weighted by Crippen LogP contribution is 2.36. The van der Waals surface area contributed by atoms with Crippen molar-refractivity contribution in [3.63, 3.8) is 0 Å². The molecule has 2 aromatic heterocycles. The molecule has 132 valence electrons. The molecular weight excluding hydrogens is 314 g/mol. The zero-order valence-corrected chi connectivity index (χ0v) is 14.7. The zero-order chi connectivity index (χ0) is 17.1. The van der Waals surface area contributed by atoms with Crippen molar-refractivity contribution >= 4 is 5.82 Å². The van der Waals surface area contributed by atoms with Crippen LogP contribution in [0.3, 0.4) is 0 Å². The maximum Gasteiger partial charge on any atom is 0.148 e. The summed E-state index contributed by atoms with van der Waals surface area (Å²) in [4.78, 5) is 6.93. The highest BCUT2D eigenvalue weighted by molar-refractivity contribution is 5.34. The van der Waals surface area contributed by atoms with Crippen LogP contribution in [0.5, 0.6) is 0 Å². The van der Waals surface area contributed by atoms with E-state index < -0.39 is 0 Å². The Morgan fingerprint density at radius 3 is 3.04 bits per heavy atom. The molecule has 2 aliphatic rings. The van der Waals surface area contributed by atoms with Crippen molar-refractivity contribution in [2.24, 2.45) is 0 Å². The molecule has 1 spiro atoms. The number of pyridine rings is 1. The summed E-state index contributed by atoms with van der Waals surface area (Å²) in [5.41, 5.74) is 2.02. The molecule has 6 nitrogen and oxygen atoms in total. The summed E-state index contributed by atoms with van der Waals surface area (Å²) in [5.74, 6) is 0.831. The molecule has 6 heteroatoms. The lowest BCUT2D eigenvalue weighted by molar-refractivity contribution is -0.0535. The molecule has 2 aliphatic heterocycles. The lowest BCUT2D eigenvalue weighted by atomic mass is 9.88. The van der Waals surface area contributed by atoms with Gasteiger partial charge in [0.25, 0.3) is 0 Å². The Bertz CT molecular complexity index is 693. The molecule has 4 rings (SSSR count). The second-order valence-electron chi connectivity index (χ2n) is 7.23. The molecule has 0 amide bonds. The van der Waals surface area contributed by atoms with E-state index in [4.69, 9.17) is 4.74 Å². The number of hydrogen-bond donors (Lipinski definition) is 1. The molecule has 2 saturated heterocycles. The molecule has 25 heavy (non-hydrogen) atoms. The van der Waals surface area contributed by atoms with Gasteiger partial charge in [-0.3, -0.25) is 9.88 Å². The van der Waals surface area contributed by atoms with Gasteiger partial charge in [0.05, 0.1) is 29.6 Å². The largest absolute Gasteiger partial charge is 0.371 e. The Hall–Kier alpha value is -2.05. The monoisotopic (exact) mass is 339 g/mol. The van der Waals surface area contributed by atoms with Crippen LogP contribution in [0.15, 0.2) is 36.5 Å². The average Bonchev–Trinajstić information content (AvgIpc) is 3.00. The van der Waals surface area contributed by atoms with Crippen molar-refractivity contribution in [3.05, 3.63) is 47.9 Å². The van der Waals surface area contributed by atoms with Gasteiger partial charge in [-0.1, -0.05) is 6.07 Å². The van der Waals surface area contributed by atoms with Gasteiger partial charge in [-0.2, -0.15) is 5.10 Å². The minimum Gasteiger partial charge on any atom is -0.371 e. The summed E-state index contributed by atoms with van der Waals surface area (Å²) in [5, 5.41) is 11.8. The van der Waals surface area contributed by atoms with Crippen molar-refractivity contribution in [3.8, 4) is 0 Å². The van der Waals surface area contributed by atoms with Crippen LogP contribution < -0.4 is 5.32 Å². The van der Waals surface area contributed by atoms with E-state index in [1.807, 2.05) is 31.3 Å². The standard InChI is InChI=1S/C19H25N5O/c1-15-6-7-18(23-22-15)21-17-11-19(25-13-17)8-4-10-24(14-19)12-16-5-2-3-9-20-16/h2-3,5-7,9,17H,4,8,10-14H2,1H3,(H,21,23)/t17-,19-/m1/s1. The third-order valence-corrected chi connectivity index (χ3v) is 5.09. The lowest BCUT2D eigenvalue weighted by Crippen LogP contribution is -2.47. The van der Waals surface area contributed by atoms with E-state index in [-0.39, 0.29) is 5.60 Å². The summed E-state index contributed by atoms with van der Waals surface area (Å²) in [7, 11) is 0. The molecule has 2 atom stereocenters. The van der Waals surface area contributed by atoms with E-state index in [2.05, 4.69) is 37.5 Å². The fraction of sp³-hybridized carbons (Fsp3) is 0.526. The molecule has 0 radical (unpaired) electrons. The van der Waals surface area contributed by atoms with Crippen LogP contribution in [0.4, 0.5) is 5.82 Å². The van der Waals surface area contributed by atoms with Crippen LogP contribution in [0.1, 0.15) is 30.7 Å². The third kappa shape index (κ3) is 3.96. The quantitative estimate of drug-likeness (QED) is 0.923. The topological polar surface area (TPSA) is 63.2 Å². The molecule has 0 aliphatic carbocycles. The van der Waals surface area contributed by atoms with E-state index >= 15 is 0 Å². The first-order chi connectivity index (χ1) is 12.2. The number of piperidine rings is 1. The van der Waals surface area contributed by atoms with Crippen molar-refractivity contribution in [1.29, 1.82) is 0 Å². The molecular formula is C19H25N5O. The van der Waals surface area contributed by atoms with Gasteiger partial charge in [0.1, 0.15) is 5.82 Å². The van der Waals surface area contributed by atoms with Crippen molar-refractivity contribution < 1.29 is 4.74 Å². The molecule has 1 N–H and O–H groups in total. The number of aromatic nitrogens is 3. The Morgan fingerprint density at radius 1 is 1.28 bits per heavy atom. The van der Waals surface area contributed by atoms with Crippen LogP contribution >= 0.6 is 0 Å². The molecule has 2 fully saturated rings. The predicted molar refractivity (Wildman–Crippen MR) is 96.2 cm³/mol. The van der Waals surface area contributed by atoms with E-state index in [1.54, 1.807) is 0 Å². The van der Waals surface area contributed by atoms with Gasteiger partial charge in [0, 0.05) is 25.7 Å². The lowest BCUT2D eigenvalue weighted by Gasteiger charge is -2.39. The average molecular weight is 339 g/mol. The number of nitrogens with zero attached hydrogens (tertiary/aromatic N) is 4. The molecule has 0 aromatic carbocycles. The fourth-order valence-corrected chi connectivity index (χ4v) is 3.95. The molecule has 4 heterocycles. The van der Waals surface area contributed by atoms with Crippen LogP contribution in [0, 0.1) is 6.92 Å². The van der Waals surface area contributed by atoms with E-state index in [0.717, 1.165) is 56.3 Å². The summed E-state index contributed by atoms with van der Waals surface area (Å²) >= 11 is 0. The Balaban J connectivity index is 1.36. The van der Waals surface area contributed by atoms with Crippen LogP contribution in [0.2, 0.25) is 0 Å². The van der Waals surface area contributed by atoms with E-state index in [9.17, 15) is 0 Å². The van der Waals surface area contributed by atoms with Gasteiger partial charge in [-0.25, -0.2) is 0 Å². The molecule has 0 bridgehead atoms. The van der Waals surface area contributed by atoms with Gasteiger partial charge in [-0.05, 0) is 50.6 Å². The maximum absolute atomic E-state index is 6.29. The molecule has 2 aromatic rings. The number of ether oxygens (including phenoxy) is 1. The van der Waals surface area contributed by atoms with Crippen molar-refractivity contribution in [1.82, 2.24) is 20.1 Å². The minimum atomic E-state index is -0.0389. The molecule has 0 unspecified atom stereocenters. The third-order valence-electron chi connectivity index (χ3n) is 5.09. The number of aryl methyl sites for hydroxylation is 1. The minimum absolute atomic E-state index is 0.0389. The Kier molecular flexibility index (Phi) is 4.63. The van der Waals surface area contributed by atoms with Gasteiger partial charge in [-0.15, -0.1) is 5.10 Å². The maximum atomic E-state index is 6.29. The van der Waals surface area contributed by atoms with Crippen LogP contribution in [-0.2, 0) is 11.3 Å². The number of anilines is 1. The zero-order valence-electron chi connectivity index (χ0n) is 14.7. The smallest absolute Gasteiger partial charge is 0.148 e. The van der Waals surface area contributed by atoms with Gasteiger partial charge >= 0.3 is 0 Å². The van der Waals surface area contributed by atoms with Gasteiger partial charge in [0.15, 0.2) is 0 Å². The first-order valence-corrected chi connectivity index (χ1v) is 9.04. The van der Waals surface area contributed by atoms with Crippen LogP contribution in [0.25, 0.3) is 0 Å². The fourth-order valence-electron chi connectivity index (χ4n) is 3.95. The van der Waals surface area contributed by atoms with E-state index in [1.165, 1.54) is 6.42 Å². The van der Waals surface area contributed by atoms with Gasteiger partial charge in [0.2, 0.25) is 0 Å². The predicted octanol–water partition coefficient (Wildman–Crippen LogP) is 2.42. The molecule has 0 saturated carbocycles. The summed E-state index contributed by atoms with van der Waals surface area (Å²) in [6.45, 7) is 5.66. The van der Waals surface area contributed by atoms with E-state index in [0.29, 0.717) is 6.04 Å². The van der Waals surface area contributed by atoms with Crippen molar-refractivity contribution in [2.75, 3.05) is 25.0 Å². The summed E-state index contributed by atoms with van der Waals surface area (Å²) < 4.78 is 6.29. The number of rotatable bonds is 4. The first-order valence-electron chi connectivity index (χ1n) is 9.04. The highest BCUT2D eigenvalue weighted by Gasteiger charge is 2.43. The SMILES string of the molecule is Cc1ccc(N[C@H]2CO[C@]3(CCCN(Cc4ccccn4)C3)C2)nn1. The second-order valence-corrected chi connectivity index (χ2v) is 7.23. The van der Waals surface area contributed by atoms with Crippen molar-refractivity contribution in [2.45, 2.75) is 44.4 Å². The Morgan fingerprint density at radius 2 is 2.24 bits per heavy atom. The Labute approximate surface area is 148 Å². The highest BCUT2D eigenvalue weighted by atomic mass is 16.5. The number of hydrogen-bond acceptors (Lipinski definition) is 6. The van der Waals surface area contributed by atoms with Gasteiger partial charge < -0.3 is 10.1 Å². The number of nitrogens with one attached hydrogen (secondary N) is 1. The van der Waals surface area contributed by atoms with Crippen LogP contribution in [-0.4, -0.2) is 51.4 Å². The summed E-state index contributed by atoms with van der Waals surface area (Å²) in [6, 6.07) is 10.4.